The van der Waals surface area contributed by atoms with Gasteiger partial charge >= 0.3 is 0 Å². The molecule has 1 aliphatic carbocycles. The second-order valence-electron chi connectivity index (χ2n) is 15.8. The largest absolute Gasteiger partial charge is 0.454 e. The highest BCUT2D eigenvalue weighted by atomic mass is 16.3. The summed E-state index contributed by atoms with van der Waals surface area (Å²) in [5.41, 5.74) is 17.3. The molecule has 0 aliphatic heterocycles. The molecule has 0 fully saturated rings. The van der Waals surface area contributed by atoms with Gasteiger partial charge in [0.1, 0.15) is 5.58 Å². The van der Waals surface area contributed by atoms with E-state index in [4.69, 9.17) is 4.42 Å². The molecule has 0 spiro atoms. The first kappa shape index (κ1) is 33.2. The van der Waals surface area contributed by atoms with Crippen molar-refractivity contribution in [1.29, 1.82) is 0 Å². The third-order valence-electron chi connectivity index (χ3n) is 12.0. The minimum absolute atomic E-state index is 0.122. The molecule has 0 radical (unpaired) electrons. The van der Waals surface area contributed by atoms with E-state index in [0.717, 1.165) is 39.0 Å². The number of anilines is 3. The summed E-state index contributed by atoms with van der Waals surface area (Å²) in [6, 6.07) is 72.6. The van der Waals surface area contributed by atoms with Crippen molar-refractivity contribution in [3.63, 3.8) is 0 Å². The van der Waals surface area contributed by atoms with Crippen LogP contribution in [0, 0.1) is 0 Å². The Balaban J connectivity index is 0.990. The van der Waals surface area contributed by atoms with E-state index in [9.17, 15) is 0 Å². The molecule has 0 unspecified atom stereocenters. The second-order valence-corrected chi connectivity index (χ2v) is 15.8. The molecule has 0 atom stereocenters. The minimum Gasteiger partial charge on any atom is -0.454 e. The molecule has 0 saturated carbocycles. The normalized spacial score (nSPS) is 12.9. The molecule has 1 aromatic heterocycles. The summed E-state index contributed by atoms with van der Waals surface area (Å²) in [7, 11) is 0. The topological polar surface area (TPSA) is 16.4 Å². The monoisotopic (exact) mass is 729 g/mol. The fourth-order valence-corrected chi connectivity index (χ4v) is 9.10. The second kappa shape index (κ2) is 13.0. The molecule has 57 heavy (non-hydrogen) atoms. The Bertz CT molecular complexity index is 3170. The summed E-state index contributed by atoms with van der Waals surface area (Å²) >= 11 is 0. The zero-order valence-electron chi connectivity index (χ0n) is 31.9. The van der Waals surface area contributed by atoms with Crippen molar-refractivity contribution in [2.24, 2.45) is 0 Å². The zero-order valence-corrected chi connectivity index (χ0v) is 31.9. The average molecular weight is 730 g/mol. The summed E-state index contributed by atoms with van der Waals surface area (Å²) in [6.45, 7) is 4.68. The number of furan rings is 1. The van der Waals surface area contributed by atoms with Gasteiger partial charge in [-0.3, -0.25) is 0 Å². The maximum atomic E-state index is 6.65. The number of hydrogen-bond acceptors (Lipinski definition) is 2. The van der Waals surface area contributed by atoms with Gasteiger partial charge in [0.05, 0.1) is 5.69 Å². The quantitative estimate of drug-likeness (QED) is 0.169. The summed E-state index contributed by atoms with van der Waals surface area (Å²) in [6.07, 6.45) is 0. The number of benzene rings is 9. The Morgan fingerprint density at radius 2 is 0.965 bits per heavy atom. The van der Waals surface area contributed by atoms with Gasteiger partial charge in [0.15, 0.2) is 5.58 Å². The van der Waals surface area contributed by atoms with Gasteiger partial charge in [-0.25, -0.2) is 0 Å². The van der Waals surface area contributed by atoms with Crippen molar-refractivity contribution in [3.05, 3.63) is 211 Å². The lowest BCUT2D eigenvalue weighted by Gasteiger charge is -2.28. The van der Waals surface area contributed by atoms with Gasteiger partial charge in [0.2, 0.25) is 0 Å². The van der Waals surface area contributed by atoms with E-state index in [2.05, 4.69) is 213 Å². The van der Waals surface area contributed by atoms with Gasteiger partial charge in [-0.05, 0) is 121 Å². The molecule has 9 aromatic carbocycles. The first-order valence-corrected chi connectivity index (χ1v) is 19.7. The molecule has 2 nitrogen and oxygen atoms in total. The minimum atomic E-state index is -0.122. The average Bonchev–Trinajstić information content (AvgIpc) is 3.76. The molecular weight excluding hydrogens is 691 g/mol. The van der Waals surface area contributed by atoms with Gasteiger partial charge < -0.3 is 9.32 Å². The molecule has 11 rings (SSSR count). The maximum Gasteiger partial charge on any atom is 0.159 e. The van der Waals surface area contributed by atoms with Gasteiger partial charge in [-0.15, -0.1) is 0 Å². The van der Waals surface area contributed by atoms with Crippen LogP contribution >= 0.6 is 0 Å². The standard InChI is InChI=1S/C55H39NO/c1-55(2)50-21-7-5-18-46(50)47-31-30-45(35-51(47)55)56(52-22-11-20-49-48-19-6-8-23-53(48)57-54(49)52)44-28-26-37(27-29-44)39-14-9-15-40(32-39)41-16-10-17-42(34-41)43-25-24-36-12-3-4-13-38(36)33-43/h3-35H,1-2H3. The Hall–Kier alpha value is -7.16. The molecule has 10 aromatic rings. The van der Waals surface area contributed by atoms with Gasteiger partial charge in [-0.1, -0.05) is 159 Å². The lowest BCUT2D eigenvalue weighted by molar-refractivity contribution is 0.660. The van der Waals surface area contributed by atoms with Gasteiger partial charge in [0, 0.05) is 27.6 Å². The summed E-state index contributed by atoms with van der Waals surface area (Å²) in [5, 5.41) is 4.75. The number of rotatable bonds is 6. The van der Waals surface area contributed by atoms with Crippen molar-refractivity contribution >= 4 is 49.8 Å². The SMILES string of the molecule is CC1(C)c2ccccc2-c2ccc(N(c3ccc(-c4cccc(-c5cccc(-c6ccc7ccccc7c6)c5)c4)cc3)c3cccc4c3oc3ccccc34)cc21. The van der Waals surface area contributed by atoms with Crippen LogP contribution in [-0.4, -0.2) is 0 Å². The van der Waals surface area contributed by atoms with Gasteiger partial charge in [0.25, 0.3) is 0 Å². The van der Waals surface area contributed by atoms with Crippen molar-refractivity contribution in [1.82, 2.24) is 0 Å². The molecular formula is C55H39NO. The van der Waals surface area contributed by atoms with Gasteiger partial charge in [-0.2, -0.15) is 0 Å². The van der Waals surface area contributed by atoms with E-state index in [1.165, 1.54) is 66.4 Å². The highest BCUT2D eigenvalue weighted by Gasteiger charge is 2.36. The van der Waals surface area contributed by atoms with Crippen LogP contribution in [0.4, 0.5) is 17.1 Å². The predicted molar refractivity (Wildman–Crippen MR) is 240 cm³/mol. The maximum absolute atomic E-state index is 6.65. The summed E-state index contributed by atoms with van der Waals surface area (Å²) < 4.78 is 6.65. The van der Waals surface area contributed by atoms with E-state index < -0.39 is 0 Å². The van der Waals surface area contributed by atoms with Crippen LogP contribution in [0.5, 0.6) is 0 Å². The Labute approximate surface area is 332 Å². The zero-order chi connectivity index (χ0) is 38.1. The smallest absolute Gasteiger partial charge is 0.159 e. The van der Waals surface area contributed by atoms with E-state index in [1.54, 1.807) is 0 Å². The lowest BCUT2D eigenvalue weighted by Crippen LogP contribution is -2.16. The van der Waals surface area contributed by atoms with E-state index >= 15 is 0 Å². The van der Waals surface area contributed by atoms with E-state index in [-0.39, 0.29) is 5.41 Å². The highest BCUT2D eigenvalue weighted by molar-refractivity contribution is 6.10. The molecule has 0 bridgehead atoms. The van der Waals surface area contributed by atoms with Crippen molar-refractivity contribution in [2.75, 3.05) is 4.90 Å². The Morgan fingerprint density at radius 3 is 1.75 bits per heavy atom. The molecule has 0 N–H and O–H groups in total. The van der Waals surface area contributed by atoms with E-state index in [1.807, 2.05) is 6.07 Å². The molecule has 270 valence electrons. The number of hydrogen-bond donors (Lipinski definition) is 0. The Kier molecular flexibility index (Phi) is 7.55. The van der Waals surface area contributed by atoms with Crippen LogP contribution in [0.25, 0.3) is 77.2 Å². The lowest BCUT2D eigenvalue weighted by atomic mass is 9.82. The highest BCUT2D eigenvalue weighted by Crippen LogP contribution is 2.51. The van der Waals surface area contributed by atoms with Crippen LogP contribution in [0.2, 0.25) is 0 Å². The first-order valence-electron chi connectivity index (χ1n) is 19.7. The number of para-hydroxylation sites is 2. The fourth-order valence-electron chi connectivity index (χ4n) is 9.10. The summed E-state index contributed by atoms with van der Waals surface area (Å²) in [5.74, 6) is 0. The van der Waals surface area contributed by atoms with Crippen LogP contribution in [0.3, 0.4) is 0 Å². The predicted octanol–water partition coefficient (Wildman–Crippen LogP) is 15.5. The van der Waals surface area contributed by atoms with Crippen LogP contribution in [0.1, 0.15) is 25.0 Å². The van der Waals surface area contributed by atoms with Crippen molar-refractivity contribution < 1.29 is 4.42 Å². The van der Waals surface area contributed by atoms with Crippen LogP contribution in [-0.2, 0) is 5.41 Å². The van der Waals surface area contributed by atoms with Crippen molar-refractivity contribution in [2.45, 2.75) is 19.3 Å². The molecule has 0 amide bonds. The molecule has 1 aliphatic rings. The number of nitrogens with zero attached hydrogens (tertiary/aromatic N) is 1. The first-order chi connectivity index (χ1) is 28.0. The van der Waals surface area contributed by atoms with Crippen molar-refractivity contribution in [3.8, 4) is 44.5 Å². The number of fused-ring (bicyclic) bond motifs is 7. The molecule has 2 heteroatoms. The van der Waals surface area contributed by atoms with Crippen LogP contribution in [0.15, 0.2) is 205 Å². The Morgan fingerprint density at radius 1 is 0.386 bits per heavy atom. The fraction of sp³-hybridized carbons (Fsp3) is 0.0545. The molecule has 1 heterocycles. The van der Waals surface area contributed by atoms with E-state index in [0.29, 0.717) is 0 Å². The third kappa shape index (κ3) is 5.48. The third-order valence-corrected chi connectivity index (χ3v) is 12.0. The summed E-state index contributed by atoms with van der Waals surface area (Å²) in [4.78, 5) is 2.36. The molecule has 0 saturated heterocycles. The van der Waals surface area contributed by atoms with Crippen LogP contribution < -0.4 is 4.90 Å².